The van der Waals surface area contributed by atoms with Crippen molar-refractivity contribution in [1.29, 1.82) is 0 Å². The predicted molar refractivity (Wildman–Crippen MR) is 274 cm³/mol. The van der Waals surface area contributed by atoms with Crippen molar-refractivity contribution in [2.24, 2.45) is 29.4 Å². The smallest absolute Gasteiger partial charge is 0.328 e. The van der Waals surface area contributed by atoms with Crippen molar-refractivity contribution in [3.05, 3.63) is 12.2 Å². The van der Waals surface area contributed by atoms with Crippen LogP contribution in [0.4, 0.5) is 0 Å². The summed E-state index contributed by atoms with van der Waals surface area (Å²) in [6.07, 6.45) is -1.45. The van der Waals surface area contributed by atoms with Gasteiger partial charge in [0, 0.05) is 59.5 Å². The molecule has 2 rings (SSSR count). The zero-order valence-corrected chi connectivity index (χ0v) is 46.2. The van der Waals surface area contributed by atoms with Crippen molar-refractivity contribution in [3.8, 4) is 0 Å². The van der Waals surface area contributed by atoms with Crippen molar-refractivity contribution in [2.45, 2.75) is 161 Å². The molecule has 0 spiro atoms. The Balaban J connectivity index is 2.30. The van der Waals surface area contributed by atoms with E-state index >= 15 is 0 Å². The first-order valence-corrected chi connectivity index (χ1v) is 25.7. The minimum absolute atomic E-state index is 0.0357. The lowest BCUT2D eigenvalue weighted by molar-refractivity contribution is -0.148. The maximum atomic E-state index is 14.4. The SMILES string of the molecule is CC[C@H](C)[C@@H]([C@@H](CC(=O)N1CCC[C@H]1C(OC)[C@@H](C)C(=O)N[C@H](C(=O)N[C@@H](CCC(=O)O)C(=O)N[C@@H](CNC(=O)[C@H](CN)N1C(=O)C=CC1=O)C(=O)O)C(C)O)OC)N(C)C(=O)[C@@H](NC(=O)[C@H](C(C)C)N(C)C)C(C)C. The van der Waals surface area contributed by atoms with Crippen LogP contribution in [0.1, 0.15) is 93.9 Å². The highest BCUT2D eigenvalue weighted by atomic mass is 16.5. The van der Waals surface area contributed by atoms with Gasteiger partial charge in [0.1, 0.15) is 30.2 Å². The summed E-state index contributed by atoms with van der Waals surface area (Å²) in [4.78, 5) is 150. The van der Waals surface area contributed by atoms with Crippen molar-refractivity contribution >= 4 is 65.1 Å². The molecule has 2 aliphatic heterocycles. The first-order valence-electron chi connectivity index (χ1n) is 25.7. The average Bonchev–Trinajstić information content (AvgIpc) is 3.96. The molecule has 2 unspecified atom stereocenters. The summed E-state index contributed by atoms with van der Waals surface area (Å²) in [6, 6.07) is -9.59. The van der Waals surface area contributed by atoms with Crippen LogP contribution in [-0.2, 0) is 62.2 Å². The Bertz CT molecular complexity index is 2080. The monoisotopic (exact) mass is 1080 g/mol. The molecule has 0 aromatic carbocycles. The van der Waals surface area contributed by atoms with E-state index < -0.39 is 146 Å². The van der Waals surface area contributed by atoms with Gasteiger partial charge in [0.05, 0.1) is 48.8 Å². The van der Waals surface area contributed by atoms with E-state index in [1.807, 2.05) is 41.5 Å². The summed E-state index contributed by atoms with van der Waals surface area (Å²) in [7, 11) is 8.04. The number of aliphatic hydroxyl groups excluding tert-OH is 1. The maximum Gasteiger partial charge on any atom is 0.328 e. The second-order valence-corrected chi connectivity index (χ2v) is 20.5. The third-order valence-electron chi connectivity index (χ3n) is 14.1. The third kappa shape index (κ3) is 17.7. The lowest BCUT2D eigenvalue weighted by Crippen LogP contribution is -2.61. The number of hydrogen-bond acceptors (Lipinski definition) is 16. The van der Waals surface area contributed by atoms with E-state index in [1.54, 1.807) is 35.8 Å². The molecule has 0 aromatic heterocycles. The van der Waals surface area contributed by atoms with Gasteiger partial charge in [-0.05, 0) is 58.0 Å². The number of carboxylic acids is 2. The van der Waals surface area contributed by atoms with Gasteiger partial charge in [-0.2, -0.15) is 0 Å². The van der Waals surface area contributed by atoms with Crippen molar-refractivity contribution < 1.29 is 77.5 Å². The number of nitrogens with one attached hydrogen (secondary N) is 5. The highest BCUT2D eigenvalue weighted by molar-refractivity contribution is 6.15. The summed E-state index contributed by atoms with van der Waals surface area (Å²) in [5.41, 5.74) is 5.62. The number of amides is 9. The number of carbonyl (C=O) groups is 11. The molecule has 9 amide bonds. The van der Waals surface area contributed by atoms with E-state index in [1.165, 1.54) is 28.1 Å². The van der Waals surface area contributed by atoms with Crippen LogP contribution in [0.2, 0.25) is 0 Å². The highest BCUT2D eigenvalue weighted by Crippen LogP contribution is 2.30. The number of carboxylic acid groups (broad SMARTS) is 2. The normalized spacial score (nSPS) is 19.4. The summed E-state index contributed by atoms with van der Waals surface area (Å²) < 4.78 is 11.9. The van der Waals surface area contributed by atoms with E-state index in [4.69, 9.17) is 15.2 Å². The molecule has 1 saturated heterocycles. The molecule has 10 N–H and O–H groups in total. The zero-order valence-electron chi connectivity index (χ0n) is 46.2. The molecular formula is C50H84N10O16. The quantitative estimate of drug-likeness (QED) is 0.0322. The third-order valence-corrected chi connectivity index (χ3v) is 14.1. The van der Waals surface area contributed by atoms with E-state index in [0.29, 0.717) is 30.7 Å². The van der Waals surface area contributed by atoms with Crippen LogP contribution in [0.15, 0.2) is 12.2 Å². The van der Waals surface area contributed by atoms with Gasteiger partial charge in [-0.1, -0.05) is 54.9 Å². The molecule has 1 fully saturated rings. The molecule has 0 bridgehead atoms. The minimum Gasteiger partial charge on any atom is -0.481 e. The first-order chi connectivity index (χ1) is 35.5. The van der Waals surface area contributed by atoms with Crippen LogP contribution >= 0.6 is 0 Å². The fourth-order valence-electron chi connectivity index (χ4n) is 9.74. The fourth-order valence-corrected chi connectivity index (χ4v) is 9.74. The first kappa shape index (κ1) is 66.0. The Labute approximate surface area is 444 Å². The predicted octanol–water partition coefficient (Wildman–Crippen LogP) is -2.21. The number of aliphatic carboxylic acids is 2. The number of aliphatic hydroxyl groups is 1. The Morgan fingerprint density at radius 3 is 1.83 bits per heavy atom. The Kier molecular flexibility index (Phi) is 26.6. The van der Waals surface area contributed by atoms with E-state index in [2.05, 4.69) is 26.6 Å². The number of carbonyl (C=O) groups excluding carboxylic acids is 9. The van der Waals surface area contributed by atoms with Gasteiger partial charge in [0.15, 0.2) is 0 Å². The fraction of sp³-hybridized carbons (Fsp3) is 0.740. The van der Waals surface area contributed by atoms with Gasteiger partial charge in [-0.3, -0.25) is 57.7 Å². The number of hydrogen-bond donors (Lipinski definition) is 9. The summed E-state index contributed by atoms with van der Waals surface area (Å²) in [6.45, 7) is 13.1. The number of nitrogens with two attached hydrogens (primary N) is 1. The summed E-state index contributed by atoms with van der Waals surface area (Å²) in [5, 5.41) is 42.1. The molecule has 0 saturated carbocycles. The standard InChI is InChI=1S/C50H84N10O16/c1-14-27(6)42(58(11)49(72)39(25(2)3)55-48(71)41(26(4)5)57(9)10)34(75-12)22-37(64)59-21-15-16-32(59)43(76-13)28(7)44(67)56-40(29(8)61)47(70)53-30(17-20-38(65)66)45(68)54-31(50(73)74)24-52-46(69)33(23-51)60-35(62)18-19-36(60)63/h18-19,25-34,39-43,61H,14-17,20-24,51H2,1-13H3,(H,52,69)(H,53,70)(H,54,68)(H,55,71)(H,56,67)(H,65,66)(H,73,74)/t27-,28+,29?,30-,31-,32-,33-,34+,39-,40-,41-,42-,43?/m0/s1. The number of rotatable bonds is 32. The molecule has 2 aliphatic rings. The number of nitrogens with zero attached hydrogens (tertiary/aromatic N) is 4. The Morgan fingerprint density at radius 1 is 0.776 bits per heavy atom. The van der Waals surface area contributed by atoms with Gasteiger partial charge in [0.2, 0.25) is 41.4 Å². The molecule has 26 nitrogen and oxygen atoms in total. The van der Waals surface area contributed by atoms with Crippen molar-refractivity contribution in [2.75, 3.05) is 55.0 Å². The van der Waals surface area contributed by atoms with Crippen LogP contribution in [0.25, 0.3) is 0 Å². The van der Waals surface area contributed by atoms with Crippen LogP contribution in [0.5, 0.6) is 0 Å². The Morgan fingerprint density at radius 2 is 1.36 bits per heavy atom. The molecule has 13 atom stereocenters. The summed E-state index contributed by atoms with van der Waals surface area (Å²) >= 11 is 0. The largest absolute Gasteiger partial charge is 0.481 e. The average molecular weight is 1080 g/mol. The number of methoxy groups -OCH3 is 2. The zero-order chi connectivity index (χ0) is 58.0. The Hall–Kier alpha value is -6.09. The summed E-state index contributed by atoms with van der Waals surface area (Å²) in [5.74, 6) is -11.5. The van der Waals surface area contributed by atoms with Gasteiger partial charge >= 0.3 is 11.9 Å². The van der Waals surface area contributed by atoms with Crippen LogP contribution in [0, 0.1) is 23.7 Å². The van der Waals surface area contributed by atoms with Gasteiger partial charge in [-0.25, -0.2) is 4.79 Å². The molecule has 2 heterocycles. The van der Waals surface area contributed by atoms with Gasteiger partial charge in [-0.15, -0.1) is 0 Å². The van der Waals surface area contributed by atoms with Gasteiger partial charge < -0.3 is 66.9 Å². The van der Waals surface area contributed by atoms with Crippen molar-refractivity contribution in [1.82, 2.24) is 46.2 Å². The number of likely N-dealkylation sites (N-methyl/N-ethyl adjacent to an activating group) is 2. The highest BCUT2D eigenvalue weighted by Gasteiger charge is 2.44. The molecule has 0 aromatic rings. The molecule has 26 heteroatoms. The van der Waals surface area contributed by atoms with E-state index in [9.17, 15) is 68.1 Å². The maximum absolute atomic E-state index is 14.4. The number of likely N-dealkylation sites (tertiary alicyclic amines) is 1. The van der Waals surface area contributed by atoms with Crippen LogP contribution < -0.4 is 32.3 Å². The topological polar surface area (TPSA) is 366 Å². The minimum atomic E-state index is -1.90. The second-order valence-electron chi connectivity index (χ2n) is 20.5. The lowest BCUT2D eigenvalue weighted by atomic mass is 9.89. The lowest BCUT2D eigenvalue weighted by Gasteiger charge is -2.41. The number of imide groups is 1. The number of ether oxygens (including phenoxy) is 2. The molecule has 0 radical (unpaired) electrons. The molecule has 76 heavy (non-hydrogen) atoms. The van der Waals surface area contributed by atoms with Crippen LogP contribution in [0.3, 0.4) is 0 Å². The second kappa shape index (κ2) is 30.6. The molecule has 430 valence electrons. The molecular weight excluding hydrogens is 997 g/mol. The van der Waals surface area contributed by atoms with Crippen LogP contribution in [-0.4, -0.2) is 222 Å². The molecule has 0 aliphatic carbocycles. The van der Waals surface area contributed by atoms with E-state index in [-0.39, 0.29) is 41.9 Å². The van der Waals surface area contributed by atoms with Gasteiger partial charge in [0.25, 0.3) is 11.8 Å². The van der Waals surface area contributed by atoms with Crippen molar-refractivity contribution in [3.63, 3.8) is 0 Å². The van der Waals surface area contributed by atoms with E-state index in [0.717, 1.165) is 12.2 Å².